The van der Waals surface area contributed by atoms with Crippen LogP contribution in [0, 0.1) is 6.92 Å². The molecule has 112 valence electrons. The average Bonchev–Trinajstić information content (AvgIpc) is 2.84. The van der Waals surface area contributed by atoms with Gasteiger partial charge in [0.1, 0.15) is 5.82 Å². The zero-order valence-electron chi connectivity index (χ0n) is 12.3. The van der Waals surface area contributed by atoms with Crippen LogP contribution in [0.25, 0.3) is 5.65 Å². The highest BCUT2D eigenvalue weighted by Crippen LogP contribution is 2.38. The molecule has 0 atom stereocenters. The van der Waals surface area contributed by atoms with Gasteiger partial charge in [-0.2, -0.15) is 5.10 Å². The predicted molar refractivity (Wildman–Crippen MR) is 91.3 cm³/mol. The van der Waals surface area contributed by atoms with E-state index in [1.807, 2.05) is 12.3 Å². The highest BCUT2D eigenvalue weighted by molar-refractivity contribution is 9.10. The maximum atomic E-state index is 4.61. The van der Waals surface area contributed by atoms with E-state index in [2.05, 4.69) is 62.5 Å². The van der Waals surface area contributed by atoms with Crippen LogP contribution in [0.5, 0.6) is 0 Å². The normalized spacial score (nSPS) is 20.8. The summed E-state index contributed by atoms with van der Waals surface area (Å²) in [7, 11) is 0. The minimum atomic E-state index is 0.502. The van der Waals surface area contributed by atoms with Crippen LogP contribution in [0.2, 0.25) is 0 Å². The second-order valence-electron chi connectivity index (χ2n) is 6.00. The van der Waals surface area contributed by atoms with Gasteiger partial charge in [0, 0.05) is 12.2 Å². The number of aryl methyl sites for hydroxylation is 1. The minimum absolute atomic E-state index is 0.502. The van der Waals surface area contributed by atoms with Crippen molar-refractivity contribution in [3.05, 3.63) is 58.3 Å². The molecule has 3 aromatic rings. The van der Waals surface area contributed by atoms with Crippen LogP contribution < -0.4 is 5.32 Å². The second-order valence-corrected chi connectivity index (χ2v) is 6.85. The molecule has 0 saturated heterocycles. The van der Waals surface area contributed by atoms with Crippen LogP contribution in [0.15, 0.2) is 47.2 Å². The molecule has 0 aliphatic heterocycles. The Labute approximate surface area is 137 Å². The van der Waals surface area contributed by atoms with Crippen molar-refractivity contribution >= 4 is 27.4 Å². The Hall–Kier alpha value is -1.88. The molecule has 1 aromatic carbocycles. The van der Waals surface area contributed by atoms with E-state index < -0.39 is 0 Å². The Morgan fingerprint density at radius 2 is 2.14 bits per heavy atom. The van der Waals surface area contributed by atoms with Crippen LogP contribution in [-0.4, -0.2) is 20.6 Å². The number of benzene rings is 1. The number of rotatable bonds is 3. The van der Waals surface area contributed by atoms with Gasteiger partial charge in [-0.15, -0.1) is 0 Å². The molecule has 1 N–H and O–H groups in total. The van der Waals surface area contributed by atoms with E-state index in [0.717, 1.165) is 28.8 Å². The number of aromatic nitrogens is 3. The number of hydrogen-bond donors (Lipinski definition) is 1. The third-order valence-electron chi connectivity index (χ3n) is 4.33. The first-order valence-electron chi connectivity index (χ1n) is 7.52. The number of halogens is 1. The van der Waals surface area contributed by atoms with E-state index in [1.165, 1.54) is 11.1 Å². The fourth-order valence-electron chi connectivity index (χ4n) is 3.06. The summed E-state index contributed by atoms with van der Waals surface area (Å²) < 4.78 is 2.69. The largest absolute Gasteiger partial charge is 0.367 e. The predicted octanol–water partition coefficient (Wildman–Crippen LogP) is 4.16. The quantitative estimate of drug-likeness (QED) is 0.766. The molecule has 4 rings (SSSR count). The number of fused-ring (bicyclic) bond motifs is 1. The summed E-state index contributed by atoms with van der Waals surface area (Å²) in [6, 6.07) is 11.3. The lowest BCUT2D eigenvalue weighted by molar-refractivity contribution is 0.373. The summed E-state index contributed by atoms with van der Waals surface area (Å²) in [6.07, 6.45) is 6.03. The van der Waals surface area contributed by atoms with E-state index in [0.29, 0.717) is 12.0 Å². The molecular formula is C17H17BrN4. The fourth-order valence-corrected chi connectivity index (χ4v) is 3.42. The number of nitrogens with one attached hydrogen (secondary N) is 1. The van der Waals surface area contributed by atoms with Crippen molar-refractivity contribution in [1.29, 1.82) is 0 Å². The van der Waals surface area contributed by atoms with Crippen molar-refractivity contribution < 1.29 is 0 Å². The Kier molecular flexibility index (Phi) is 3.37. The Morgan fingerprint density at radius 1 is 1.27 bits per heavy atom. The maximum absolute atomic E-state index is 4.61. The van der Waals surface area contributed by atoms with E-state index >= 15 is 0 Å². The van der Waals surface area contributed by atoms with Gasteiger partial charge in [0.15, 0.2) is 5.65 Å². The molecule has 2 aromatic heterocycles. The lowest BCUT2D eigenvalue weighted by Gasteiger charge is -2.36. The molecule has 1 fully saturated rings. The minimum Gasteiger partial charge on any atom is -0.367 e. The zero-order chi connectivity index (χ0) is 15.1. The molecule has 0 spiro atoms. The van der Waals surface area contributed by atoms with Crippen molar-refractivity contribution in [3.63, 3.8) is 0 Å². The Bertz CT molecular complexity index is 820. The zero-order valence-corrected chi connectivity index (χ0v) is 13.9. The van der Waals surface area contributed by atoms with Crippen molar-refractivity contribution in [2.75, 3.05) is 5.32 Å². The maximum Gasteiger partial charge on any atom is 0.171 e. The molecule has 0 radical (unpaired) electrons. The van der Waals surface area contributed by atoms with Crippen molar-refractivity contribution in [1.82, 2.24) is 14.6 Å². The number of hydrogen-bond acceptors (Lipinski definition) is 3. The molecule has 22 heavy (non-hydrogen) atoms. The lowest BCUT2D eigenvalue weighted by Crippen LogP contribution is -2.34. The van der Waals surface area contributed by atoms with Crippen LogP contribution in [0.1, 0.15) is 29.9 Å². The molecule has 4 nitrogen and oxygen atoms in total. The first-order chi connectivity index (χ1) is 10.7. The molecule has 0 unspecified atom stereocenters. The first-order valence-corrected chi connectivity index (χ1v) is 8.31. The number of anilines is 1. The molecule has 1 saturated carbocycles. The monoisotopic (exact) mass is 356 g/mol. The van der Waals surface area contributed by atoms with Gasteiger partial charge >= 0.3 is 0 Å². The fraction of sp³-hybridized carbons (Fsp3) is 0.294. The summed E-state index contributed by atoms with van der Waals surface area (Å²) >= 11 is 3.47. The van der Waals surface area contributed by atoms with Gasteiger partial charge in [-0.3, -0.25) is 0 Å². The standard InChI is InChI=1S/C17H17BrN4/c1-11-3-2-4-12(7-11)13-8-14(9-13)20-16-5-6-22-17(21-16)15(18)10-19-22/h2-7,10,13-14H,8-9H2,1H3,(H,20,21). The van der Waals surface area contributed by atoms with E-state index in [-0.39, 0.29) is 0 Å². The molecule has 0 amide bonds. The number of nitrogens with zero attached hydrogens (tertiary/aromatic N) is 3. The van der Waals surface area contributed by atoms with Gasteiger partial charge in [0.05, 0.1) is 10.7 Å². The molecule has 1 aliphatic rings. The molecule has 2 heterocycles. The topological polar surface area (TPSA) is 42.2 Å². The Balaban J connectivity index is 1.43. The Morgan fingerprint density at radius 3 is 2.95 bits per heavy atom. The van der Waals surface area contributed by atoms with Gasteiger partial charge in [-0.1, -0.05) is 29.8 Å². The van der Waals surface area contributed by atoms with Crippen molar-refractivity contribution in [2.24, 2.45) is 0 Å². The molecule has 0 bridgehead atoms. The lowest BCUT2D eigenvalue weighted by atomic mass is 9.75. The van der Waals surface area contributed by atoms with Gasteiger partial charge in [-0.05, 0) is 53.2 Å². The summed E-state index contributed by atoms with van der Waals surface area (Å²) in [5.74, 6) is 1.59. The van der Waals surface area contributed by atoms with E-state index in [1.54, 1.807) is 10.7 Å². The van der Waals surface area contributed by atoms with Gasteiger partial charge in [-0.25, -0.2) is 9.50 Å². The average molecular weight is 357 g/mol. The molecular weight excluding hydrogens is 340 g/mol. The smallest absolute Gasteiger partial charge is 0.171 e. The molecule has 5 heteroatoms. The summed E-state index contributed by atoms with van der Waals surface area (Å²) in [5.41, 5.74) is 3.64. The highest BCUT2D eigenvalue weighted by atomic mass is 79.9. The van der Waals surface area contributed by atoms with Gasteiger partial charge in [0.2, 0.25) is 0 Å². The van der Waals surface area contributed by atoms with Crippen LogP contribution in [0.3, 0.4) is 0 Å². The third kappa shape index (κ3) is 2.50. The highest BCUT2D eigenvalue weighted by Gasteiger charge is 2.30. The second kappa shape index (κ2) is 5.39. The summed E-state index contributed by atoms with van der Waals surface area (Å²) in [5, 5.41) is 7.74. The van der Waals surface area contributed by atoms with Crippen LogP contribution in [-0.2, 0) is 0 Å². The van der Waals surface area contributed by atoms with Crippen LogP contribution >= 0.6 is 15.9 Å². The van der Waals surface area contributed by atoms with Crippen LogP contribution in [0.4, 0.5) is 5.82 Å². The van der Waals surface area contributed by atoms with Crippen molar-refractivity contribution in [2.45, 2.75) is 31.7 Å². The SMILES string of the molecule is Cc1cccc(C2CC(Nc3ccn4ncc(Br)c4n3)C2)c1. The van der Waals surface area contributed by atoms with Crippen molar-refractivity contribution in [3.8, 4) is 0 Å². The third-order valence-corrected chi connectivity index (χ3v) is 4.89. The van der Waals surface area contributed by atoms with Gasteiger partial charge in [0.25, 0.3) is 0 Å². The van der Waals surface area contributed by atoms with E-state index in [9.17, 15) is 0 Å². The first kappa shape index (κ1) is 13.8. The van der Waals surface area contributed by atoms with Gasteiger partial charge < -0.3 is 5.32 Å². The van der Waals surface area contributed by atoms with E-state index in [4.69, 9.17) is 0 Å². The summed E-state index contributed by atoms with van der Waals surface area (Å²) in [6.45, 7) is 2.15. The summed E-state index contributed by atoms with van der Waals surface area (Å²) in [4.78, 5) is 4.61. The molecule has 1 aliphatic carbocycles.